The molecule has 3 amide bonds. The van der Waals surface area contributed by atoms with Crippen LogP contribution in [0.5, 0.6) is 0 Å². The zero-order chi connectivity index (χ0) is 34.2. The molecule has 250 valence electrons. The number of thioether (sulfide) groups is 1. The molecule has 3 aliphatic rings. The lowest BCUT2D eigenvalue weighted by atomic mass is 9.66. The van der Waals surface area contributed by atoms with Gasteiger partial charge in [-0.25, -0.2) is 0 Å². The van der Waals surface area contributed by atoms with E-state index in [4.69, 9.17) is 11.6 Å². The molecule has 0 radical (unpaired) electrons. The largest absolute Gasteiger partial charge is 0.394 e. The lowest BCUT2D eigenvalue weighted by molar-refractivity contribution is -0.142. The Balaban J connectivity index is 1.50. The number of benzene rings is 3. The van der Waals surface area contributed by atoms with Crippen LogP contribution in [0.25, 0.3) is 0 Å². The summed E-state index contributed by atoms with van der Waals surface area (Å²) in [5, 5.41) is 11.3. The summed E-state index contributed by atoms with van der Waals surface area (Å²) in [4.78, 5) is 50.1. The first-order valence-corrected chi connectivity index (χ1v) is 17.6. The normalized spacial score (nSPS) is 26.2. The lowest BCUT2D eigenvalue weighted by Crippen LogP contribution is -2.58. The zero-order valence-electron chi connectivity index (χ0n) is 27.4. The minimum absolute atomic E-state index is 0.155. The topological polar surface area (TPSA) is 81.2 Å². The van der Waals surface area contributed by atoms with Gasteiger partial charge in [0.25, 0.3) is 5.91 Å². The number of amides is 3. The number of anilines is 2. The molecule has 0 aliphatic carbocycles. The summed E-state index contributed by atoms with van der Waals surface area (Å²) in [6, 6.07) is 23.0. The molecule has 6 atom stereocenters. The van der Waals surface area contributed by atoms with Gasteiger partial charge in [0.15, 0.2) is 0 Å². The van der Waals surface area contributed by atoms with Crippen molar-refractivity contribution in [3.63, 3.8) is 0 Å². The van der Waals surface area contributed by atoms with E-state index < -0.39 is 33.4 Å². The van der Waals surface area contributed by atoms with Crippen LogP contribution in [0, 0.1) is 18.8 Å². The van der Waals surface area contributed by atoms with Gasteiger partial charge in [-0.3, -0.25) is 14.4 Å². The Hall–Kier alpha value is -3.85. The number of hydrogen-bond donors (Lipinski definition) is 1. The van der Waals surface area contributed by atoms with E-state index in [9.17, 15) is 9.90 Å². The van der Waals surface area contributed by atoms with E-state index in [1.54, 1.807) is 44.7 Å². The Morgan fingerprint density at radius 2 is 1.62 bits per heavy atom. The van der Waals surface area contributed by atoms with Gasteiger partial charge < -0.3 is 19.8 Å². The third-order valence-corrected chi connectivity index (χ3v) is 12.6. The average molecular weight is 684 g/mol. The Kier molecular flexibility index (Phi) is 9.62. The monoisotopic (exact) mass is 683 g/mol. The lowest BCUT2D eigenvalue weighted by Gasteiger charge is -2.40. The number of halogens is 1. The van der Waals surface area contributed by atoms with Gasteiger partial charge in [-0.05, 0) is 62.4 Å². The number of rotatable bonds is 12. The first kappa shape index (κ1) is 34.0. The minimum atomic E-state index is -0.944. The predicted molar refractivity (Wildman–Crippen MR) is 194 cm³/mol. The van der Waals surface area contributed by atoms with Crippen LogP contribution in [0.1, 0.15) is 30.9 Å². The molecule has 0 saturated carbocycles. The number of nitrogens with zero attached hydrogens (tertiary/aromatic N) is 3. The van der Waals surface area contributed by atoms with Crippen molar-refractivity contribution in [3.05, 3.63) is 120 Å². The zero-order valence-corrected chi connectivity index (χ0v) is 29.0. The highest BCUT2D eigenvalue weighted by molar-refractivity contribution is 8.02. The number of aliphatic hydroxyl groups is 1. The predicted octanol–water partition coefficient (Wildman–Crippen LogP) is 6.47. The molecule has 1 spiro atoms. The molecule has 7 nitrogen and oxygen atoms in total. The number of aliphatic hydroxyl groups excluding tert-OH is 1. The molecule has 3 aliphatic heterocycles. The molecule has 2 bridgehead atoms. The average Bonchev–Trinajstić information content (AvgIpc) is 3.66. The quantitative estimate of drug-likeness (QED) is 0.222. The van der Waals surface area contributed by atoms with Gasteiger partial charge in [0.05, 0.1) is 39.9 Å². The molecule has 3 saturated heterocycles. The molecule has 48 heavy (non-hydrogen) atoms. The number of carbonyl (C=O) groups excluding carboxylic acids is 3. The standard InChI is InChI=1S/C39H42ClN3O4S/c1-5-22-41(28-17-11-8-12-18-28)35(45)31-32-36(46)43(29(25-44)24-27-15-9-7-10-16-27)34(39(32)21-20-38(31,4)48-39)37(47)42(23-6-2)33-26(3)14-13-19-30(33)40/h5-19,29,31-32,34,44H,1-2,20-25H2,3-4H3/t29-,31-,32+,34?,38+,39?/m1/s1. The number of para-hydroxylation sites is 2. The molecule has 1 N–H and O–H groups in total. The van der Waals surface area contributed by atoms with Crippen LogP contribution in [0.3, 0.4) is 0 Å². The molecule has 3 fully saturated rings. The van der Waals surface area contributed by atoms with Crippen molar-refractivity contribution in [2.45, 2.75) is 54.7 Å². The SMILES string of the molecule is C=CCN(C(=O)[C@H]1[C@H]2C(=O)N([C@@H](CO)Cc3ccccc3)C(C(=O)N(CC=C)c3c(C)cccc3Cl)C23CC[C@]1(C)S3)c1ccccc1. The molecule has 3 aromatic carbocycles. The summed E-state index contributed by atoms with van der Waals surface area (Å²) in [5.41, 5.74) is 3.05. The fourth-order valence-corrected chi connectivity index (χ4v) is 11.0. The number of carbonyl (C=O) groups is 3. The first-order chi connectivity index (χ1) is 23.1. The molecule has 0 aromatic heterocycles. The van der Waals surface area contributed by atoms with E-state index in [0.29, 0.717) is 30.0 Å². The first-order valence-electron chi connectivity index (χ1n) is 16.4. The van der Waals surface area contributed by atoms with Crippen molar-refractivity contribution in [1.82, 2.24) is 4.90 Å². The van der Waals surface area contributed by atoms with Crippen molar-refractivity contribution < 1.29 is 19.5 Å². The highest BCUT2D eigenvalue weighted by Crippen LogP contribution is 2.72. The highest BCUT2D eigenvalue weighted by Gasteiger charge is 2.78. The summed E-state index contributed by atoms with van der Waals surface area (Å²) in [6.45, 7) is 11.9. The van der Waals surface area contributed by atoms with Gasteiger partial charge in [0.2, 0.25) is 11.8 Å². The summed E-state index contributed by atoms with van der Waals surface area (Å²) < 4.78 is -1.47. The smallest absolute Gasteiger partial charge is 0.251 e. The molecule has 2 unspecified atom stereocenters. The summed E-state index contributed by atoms with van der Waals surface area (Å²) in [6.07, 6.45) is 4.96. The van der Waals surface area contributed by atoms with E-state index in [-0.39, 0.29) is 37.4 Å². The highest BCUT2D eigenvalue weighted by atomic mass is 35.5. The van der Waals surface area contributed by atoms with Crippen molar-refractivity contribution >= 4 is 52.5 Å². The van der Waals surface area contributed by atoms with Crippen LogP contribution >= 0.6 is 23.4 Å². The molecular formula is C39H42ClN3O4S. The Morgan fingerprint density at radius 1 is 0.979 bits per heavy atom. The molecule has 3 heterocycles. The van der Waals surface area contributed by atoms with Crippen LogP contribution in [-0.4, -0.2) is 69.0 Å². The maximum Gasteiger partial charge on any atom is 0.251 e. The van der Waals surface area contributed by atoms with E-state index >= 15 is 9.59 Å². The van der Waals surface area contributed by atoms with Crippen LogP contribution < -0.4 is 9.80 Å². The van der Waals surface area contributed by atoms with Crippen LogP contribution in [0.2, 0.25) is 5.02 Å². The van der Waals surface area contributed by atoms with Gasteiger partial charge in [-0.15, -0.1) is 24.9 Å². The van der Waals surface area contributed by atoms with E-state index in [2.05, 4.69) is 20.1 Å². The number of aryl methyl sites for hydroxylation is 1. The number of fused-ring (bicyclic) bond motifs is 1. The number of likely N-dealkylation sites (tertiary alicyclic amines) is 1. The van der Waals surface area contributed by atoms with Crippen molar-refractivity contribution in [3.8, 4) is 0 Å². The van der Waals surface area contributed by atoms with Crippen LogP contribution in [0.15, 0.2) is 104 Å². The fourth-order valence-electron chi connectivity index (χ4n) is 8.31. The van der Waals surface area contributed by atoms with E-state index in [1.165, 1.54) is 0 Å². The van der Waals surface area contributed by atoms with E-state index in [0.717, 1.165) is 16.8 Å². The van der Waals surface area contributed by atoms with Crippen molar-refractivity contribution in [2.24, 2.45) is 11.8 Å². The maximum absolute atomic E-state index is 15.3. The van der Waals surface area contributed by atoms with Gasteiger partial charge in [-0.2, -0.15) is 0 Å². The third-order valence-electron chi connectivity index (χ3n) is 10.3. The Bertz CT molecular complexity index is 1700. The van der Waals surface area contributed by atoms with Gasteiger partial charge in [0, 0.05) is 23.5 Å². The third kappa shape index (κ3) is 5.57. The van der Waals surface area contributed by atoms with Crippen molar-refractivity contribution in [2.75, 3.05) is 29.5 Å². The summed E-state index contributed by atoms with van der Waals surface area (Å²) >= 11 is 8.37. The van der Waals surface area contributed by atoms with Crippen LogP contribution in [0.4, 0.5) is 11.4 Å². The second kappa shape index (κ2) is 13.6. The van der Waals surface area contributed by atoms with Crippen LogP contribution in [-0.2, 0) is 20.8 Å². The molecule has 3 aromatic rings. The Morgan fingerprint density at radius 3 is 2.25 bits per heavy atom. The molecule has 6 rings (SSSR count). The molecule has 9 heteroatoms. The second-order valence-corrected chi connectivity index (χ2v) is 15.5. The van der Waals surface area contributed by atoms with Gasteiger partial charge in [-0.1, -0.05) is 84.4 Å². The van der Waals surface area contributed by atoms with Crippen molar-refractivity contribution in [1.29, 1.82) is 0 Å². The summed E-state index contributed by atoms with van der Waals surface area (Å²) in [5.74, 6) is -2.16. The Labute approximate surface area is 292 Å². The minimum Gasteiger partial charge on any atom is -0.394 e. The van der Waals surface area contributed by atoms with Gasteiger partial charge >= 0.3 is 0 Å². The maximum atomic E-state index is 15.3. The number of hydrogen-bond acceptors (Lipinski definition) is 5. The molecular weight excluding hydrogens is 642 g/mol. The second-order valence-electron chi connectivity index (χ2n) is 13.2. The van der Waals surface area contributed by atoms with Gasteiger partial charge in [0.1, 0.15) is 6.04 Å². The van der Waals surface area contributed by atoms with E-state index in [1.807, 2.05) is 79.7 Å². The summed E-state index contributed by atoms with van der Waals surface area (Å²) in [7, 11) is 0. The fraction of sp³-hybridized carbons (Fsp3) is 0.359.